The van der Waals surface area contributed by atoms with Crippen LogP contribution < -0.4 is 10.1 Å². The molecule has 0 bridgehead atoms. The van der Waals surface area contributed by atoms with Gasteiger partial charge in [0, 0.05) is 18.8 Å². The minimum atomic E-state index is -0.272. The van der Waals surface area contributed by atoms with Gasteiger partial charge in [-0.25, -0.2) is 4.39 Å². The molecule has 0 radical (unpaired) electrons. The highest BCUT2D eigenvalue weighted by atomic mass is 19.1. The lowest BCUT2D eigenvalue weighted by Gasteiger charge is -2.07. The van der Waals surface area contributed by atoms with Gasteiger partial charge in [-0.15, -0.1) is 0 Å². The Labute approximate surface area is 112 Å². The predicted octanol–water partition coefficient (Wildman–Crippen LogP) is 3.51. The molecule has 0 saturated heterocycles. The van der Waals surface area contributed by atoms with E-state index in [1.165, 1.54) is 12.1 Å². The summed E-state index contributed by atoms with van der Waals surface area (Å²) in [7, 11) is 0. The number of aromatic nitrogens is 1. The topological polar surface area (TPSA) is 34.1 Å². The molecule has 0 unspecified atom stereocenters. The lowest BCUT2D eigenvalue weighted by atomic mass is 10.3. The third kappa shape index (κ3) is 4.34. The average Bonchev–Trinajstić information content (AvgIpc) is 2.42. The van der Waals surface area contributed by atoms with Crippen molar-refractivity contribution in [1.29, 1.82) is 0 Å². The molecule has 1 aromatic carbocycles. The van der Waals surface area contributed by atoms with Gasteiger partial charge in [-0.3, -0.25) is 4.98 Å². The van der Waals surface area contributed by atoms with E-state index in [9.17, 15) is 4.39 Å². The molecule has 100 valence electrons. The van der Waals surface area contributed by atoms with E-state index >= 15 is 0 Å². The molecular formula is C15H17FN2O. The van der Waals surface area contributed by atoms with E-state index in [2.05, 4.69) is 17.2 Å². The Morgan fingerprint density at radius 3 is 2.68 bits per heavy atom. The summed E-state index contributed by atoms with van der Waals surface area (Å²) >= 11 is 0. The average molecular weight is 260 g/mol. The zero-order valence-corrected chi connectivity index (χ0v) is 10.9. The van der Waals surface area contributed by atoms with Crippen molar-refractivity contribution in [1.82, 2.24) is 10.3 Å². The second-order valence-corrected chi connectivity index (χ2v) is 4.22. The SMILES string of the molecule is CCCNCc1cc(Oc2ccc(F)cc2)ccn1. The molecule has 4 heteroatoms. The maximum absolute atomic E-state index is 12.8. The molecule has 1 heterocycles. The highest BCUT2D eigenvalue weighted by Gasteiger charge is 2.00. The first kappa shape index (κ1) is 13.5. The van der Waals surface area contributed by atoms with Crippen LogP contribution in [0, 0.1) is 5.82 Å². The van der Waals surface area contributed by atoms with Gasteiger partial charge in [0.15, 0.2) is 0 Å². The van der Waals surface area contributed by atoms with E-state index in [1.54, 1.807) is 24.4 Å². The summed E-state index contributed by atoms with van der Waals surface area (Å²) in [4.78, 5) is 4.26. The Bertz CT molecular complexity index is 514. The van der Waals surface area contributed by atoms with Crippen LogP contribution in [0.5, 0.6) is 11.5 Å². The van der Waals surface area contributed by atoms with Crippen molar-refractivity contribution in [3.63, 3.8) is 0 Å². The monoisotopic (exact) mass is 260 g/mol. The van der Waals surface area contributed by atoms with E-state index in [4.69, 9.17) is 4.74 Å². The van der Waals surface area contributed by atoms with Gasteiger partial charge in [0.2, 0.25) is 0 Å². The molecule has 0 aliphatic rings. The second kappa shape index (κ2) is 6.85. The number of hydrogen-bond acceptors (Lipinski definition) is 3. The number of halogens is 1. The predicted molar refractivity (Wildman–Crippen MR) is 72.7 cm³/mol. The summed E-state index contributed by atoms with van der Waals surface area (Å²) < 4.78 is 18.4. The third-order valence-electron chi connectivity index (χ3n) is 2.57. The van der Waals surface area contributed by atoms with Crippen molar-refractivity contribution >= 4 is 0 Å². The summed E-state index contributed by atoms with van der Waals surface area (Å²) in [6.07, 6.45) is 2.80. The molecule has 2 rings (SSSR count). The molecule has 19 heavy (non-hydrogen) atoms. The zero-order valence-electron chi connectivity index (χ0n) is 10.9. The maximum Gasteiger partial charge on any atom is 0.130 e. The van der Waals surface area contributed by atoms with Crippen molar-refractivity contribution in [2.24, 2.45) is 0 Å². The Balaban J connectivity index is 2.00. The van der Waals surface area contributed by atoms with Crippen molar-refractivity contribution in [3.8, 4) is 11.5 Å². The summed E-state index contributed by atoms with van der Waals surface area (Å²) in [5.41, 5.74) is 0.924. The van der Waals surface area contributed by atoms with Gasteiger partial charge in [0.05, 0.1) is 5.69 Å². The molecule has 0 spiro atoms. The van der Waals surface area contributed by atoms with Gasteiger partial charge >= 0.3 is 0 Å². The fourth-order valence-electron chi connectivity index (χ4n) is 1.65. The highest BCUT2D eigenvalue weighted by Crippen LogP contribution is 2.21. The maximum atomic E-state index is 12.8. The molecular weight excluding hydrogens is 243 g/mol. The molecule has 0 aliphatic carbocycles. The van der Waals surface area contributed by atoms with Crippen LogP contribution in [0.3, 0.4) is 0 Å². The molecule has 3 nitrogen and oxygen atoms in total. The van der Waals surface area contributed by atoms with E-state index in [0.717, 1.165) is 18.7 Å². The number of ether oxygens (including phenoxy) is 1. The summed E-state index contributed by atoms with van der Waals surface area (Å²) in [5, 5.41) is 3.28. The van der Waals surface area contributed by atoms with Crippen molar-refractivity contribution in [2.75, 3.05) is 6.54 Å². The van der Waals surface area contributed by atoms with Gasteiger partial charge in [-0.05, 0) is 43.3 Å². The van der Waals surface area contributed by atoms with Gasteiger partial charge < -0.3 is 10.1 Å². The Hall–Kier alpha value is -1.94. The van der Waals surface area contributed by atoms with Gasteiger partial charge in [0.1, 0.15) is 17.3 Å². The standard InChI is InChI=1S/C15H17FN2O/c1-2-8-17-11-13-10-15(7-9-18-13)19-14-5-3-12(16)4-6-14/h3-7,9-10,17H,2,8,11H2,1H3. The number of benzene rings is 1. The van der Waals surface area contributed by atoms with Gasteiger partial charge in [-0.2, -0.15) is 0 Å². The Morgan fingerprint density at radius 1 is 1.16 bits per heavy atom. The van der Waals surface area contributed by atoms with Crippen molar-refractivity contribution in [3.05, 3.63) is 54.1 Å². The minimum absolute atomic E-state index is 0.272. The Kier molecular flexibility index (Phi) is 4.86. The number of nitrogens with zero attached hydrogens (tertiary/aromatic N) is 1. The van der Waals surface area contributed by atoms with E-state index in [0.29, 0.717) is 18.0 Å². The van der Waals surface area contributed by atoms with Crippen LogP contribution >= 0.6 is 0 Å². The largest absolute Gasteiger partial charge is 0.457 e. The minimum Gasteiger partial charge on any atom is -0.457 e. The van der Waals surface area contributed by atoms with Crippen LogP contribution in [0.25, 0.3) is 0 Å². The first-order valence-corrected chi connectivity index (χ1v) is 6.37. The molecule has 0 saturated carbocycles. The van der Waals surface area contributed by atoms with Crippen molar-refractivity contribution < 1.29 is 9.13 Å². The van der Waals surface area contributed by atoms with E-state index < -0.39 is 0 Å². The lowest BCUT2D eigenvalue weighted by molar-refractivity contribution is 0.478. The number of pyridine rings is 1. The summed E-state index contributed by atoms with van der Waals surface area (Å²) in [6, 6.07) is 9.62. The molecule has 1 N–H and O–H groups in total. The quantitative estimate of drug-likeness (QED) is 0.807. The fourth-order valence-corrected chi connectivity index (χ4v) is 1.65. The molecule has 0 fully saturated rings. The molecule has 2 aromatic rings. The van der Waals surface area contributed by atoms with E-state index in [1.807, 2.05) is 6.07 Å². The van der Waals surface area contributed by atoms with Crippen LogP contribution in [0.4, 0.5) is 4.39 Å². The lowest BCUT2D eigenvalue weighted by Crippen LogP contribution is -2.14. The number of hydrogen-bond donors (Lipinski definition) is 1. The first-order chi connectivity index (χ1) is 9.28. The fraction of sp³-hybridized carbons (Fsp3) is 0.267. The molecule has 0 aliphatic heterocycles. The molecule has 1 aromatic heterocycles. The highest BCUT2D eigenvalue weighted by molar-refractivity contribution is 5.31. The van der Waals surface area contributed by atoms with Crippen LogP contribution in [-0.4, -0.2) is 11.5 Å². The second-order valence-electron chi connectivity index (χ2n) is 4.22. The third-order valence-corrected chi connectivity index (χ3v) is 2.57. The molecule has 0 amide bonds. The van der Waals surface area contributed by atoms with E-state index in [-0.39, 0.29) is 5.82 Å². The normalized spacial score (nSPS) is 10.4. The van der Waals surface area contributed by atoms with Crippen LogP contribution in [0.2, 0.25) is 0 Å². The molecule has 0 atom stereocenters. The first-order valence-electron chi connectivity index (χ1n) is 6.37. The number of rotatable bonds is 6. The smallest absolute Gasteiger partial charge is 0.130 e. The van der Waals surface area contributed by atoms with Gasteiger partial charge in [-0.1, -0.05) is 6.92 Å². The van der Waals surface area contributed by atoms with Crippen LogP contribution in [0.15, 0.2) is 42.6 Å². The summed E-state index contributed by atoms with van der Waals surface area (Å²) in [5.74, 6) is 1.04. The zero-order chi connectivity index (χ0) is 13.5. The Morgan fingerprint density at radius 2 is 1.95 bits per heavy atom. The van der Waals surface area contributed by atoms with Crippen LogP contribution in [-0.2, 0) is 6.54 Å². The van der Waals surface area contributed by atoms with Crippen LogP contribution in [0.1, 0.15) is 19.0 Å². The summed E-state index contributed by atoms with van der Waals surface area (Å²) in [6.45, 7) is 3.80. The van der Waals surface area contributed by atoms with Gasteiger partial charge in [0.25, 0.3) is 0 Å². The van der Waals surface area contributed by atoms with Crippen molar-refractivity contribution in [2.45, 2.75) is 19.9 Å². The number of nitrogens with one attached hydrogen (secondary N) is 1.